The van der Waals surface area contributed by atoms with Crippen molar-refractivity contribution in [2.24, 2.45) is 5.92 Å². The van der Waals surface area contributed by atoms with Crippen LogP contribution in [-0.4, -0.2) is 35.1 Å². The molecule has 1 saturated heterocycles. The molecule has 1 unspecified atom stereocenters. The minimum Gasteiger partial charge on any atom is -0.392 e. The normalized spacial score (nSPS) is 22.3. The molecule has 0 bridgehead atoms. The maximum Gasteiger partial charge on any atom is 0.224 e. The molecule has 2 N–H and O–H groups in total. The zero-order valence-electron chi connectivity index (χ0n) is 12.9. The van der Waals surface area contributed by atoms with Gasteiger partial charge in [0.1, 0.15) is 0 Å². The third-order valence-corrected chi connectivity index (χ3v) is 4.59. The molecule has 4 nitrogen and oxygen atoms in total. The summed E-state index contributed by atoms with van der Waals surface area (Å²) in [5, 5.41) is 12.7. The number of likely N-dealkylation sites (tertiary alicyclic amines) is 1. The number of benzene rings is 1. The maximum atomic E-state index is 12.1. The van der Waals surface area contributed by atoms with E-state index in [1.165, 1.54) is 11.1 Å². The Kier molecular flexibility index (Phi) is 4.90. The average Bonchev–Trinajstić information content (AvgIpc) is 3.18. The average molecular weight is 300 g/mol. The second-order valence-electron chi connectivity index (χ2n) is 6.30. The number of β-amino-alcohol motifs (C(OH)–C–C–N with tert-alkyl or cyclic N) is 1. The van der Waals surface area contributed by atoms with E-state index in [0.717, 1.165) is 38.9 Å². The largest absolute Gasteiger partial charge is 0.392 e. The Morgan fingerprint density at radius 1 is 1.23 bits per heavy atom. The lowest BCUT2D eigenvalue weighted by atomic mass is 10.0. The smallest absolute Gasteiger partial charge is 0.224 e. The molecule has 2 aliphatic rings. The third kappa shape index (κ3) is 3.76. The highest BCUT2D eigenvalue weighted by atomic mass is 16.3. The Hall–Kier alpha value is -1.65. The predicted molar refractivity (Wildman–Crippen MR) is 86.1 cm³/mol. The molecule has 22 heavy (non-hydrogen) atoms. The van der Waals surface area contributed by atoms with Crippen LogP contribution in [0.5, 0.6) is 0 Å². The summed E-state index contributed by atoms with van der Waals surface area (Å²) in [5.41, 5.74) is 2.41. The van der Waals surface area contributed by atoms with E-state index in [1.54, 1.807) is 0 Å². The molecular weight excluding hydrogens is 276 g/mol. The lowest BCUT2D eigenvalue weighted by Crippen LogP contribution is -2.30. The van der Waals surface area contributed by atoms with Crippen LogP contribution in [0.3, 0.4) is 0 Å². The Bertz CT molecular complexity index is 548. The number of amides is 1. The molecule has 1 amide bonds. The number of hydrogen-bond donors (Lipinski definition) is 2. The first-order chi connectivity index (χ1) is 10.7. The summed E-state index contributed by atoms with van der Waals surface area (Å²) in [5.74, 6) is 0.261. The molecule has 1 aliphatic heterocycles. The van der Waals surface area contributed by atoms with Crippen molar-refractivity contribution < 1.29 is 9.90 Å². The standard InChI is InChI=1S/C18H24N2O2/c21-17-9-10-20(13-17)12-16-8-4-3-7-15(16)11-19-18(22)14-5-1-2-6-14/h1-4,7-8,14,17,21H,5-6,9-13H2,(H,19,22). The molecule has 0 radical (unpaired) electrons. The number of aliphatic hydroxyl groups is 1. The minimum absolute atomic E-state index is 0.112. The maximum absolute atomic E-state index is 12.1. The van der Waals surface area contributed by atoms with Gasteiger partial charge >= 0.3 is 0 Å². The van der Waals surface area contributed by atoms with E-state index >= 15 is 0 Å². The molecule has 1 heterocycles. The van der Waals surface area contributed by atoms with Crippen molar-refractivity contribution >= 4 is 5.91 Å². The van der Waals surface area contributed by atoms with Crippen LogP contribution in [0.1, 0.15) is 30.4 Å². The third-order valence-electron chi connectivity index (χ3n) is 4.59. The van der Waals surface area contributed by atoms with Crippen molar-refractivity contribution in [2.75, 3.05) is 13.1 Å². The van der Waals surface area contributed by atoms with E-state index in [2.05, 4.69) is 34.5 Å². The molecular formula is C18H24N2O2. The van der Waals surface area contributed by atoms with Crippen LogP contribution in [0.4, 0.5) is 0 Å². The van der Waals surface area contributed by atoms with Gasteiger partial charge in [-0.2, -0.15) is 0 Å². The van der Waals surface area contributed by atoms with E-state index in [4.69, 9.17) is 0 Å². The fraction of sp³-hybridized carbons (Fsp3) is 0.500. The highest BCUT2D eigenvalue weighted by Gasteiger charge is 2.21. The predicted octanol–water partition coefficient (Wildman–Crippen LogP) is 1.84. The number of hydrogen-bond acceptors (Lipinski definition) is 3. The minimum atomic E-state index is -0.193. The van der Waals surface area contributed by atoms with Gasteiger partial charge in [-0.3, -0.25) is 9.69 Å². The van der Waals surface area contributed by atoms with Gasteiger partial charge < -0.3 is 10.4 Å². The number of aliphatic hydroxyl groups excluding tert-OH is 1. The van der Waals surface area contributed by atoms with Crippen LogP contribution in [0.15, 0.2) is 36.4 Å². The lowest BCUT2D eigenvalue weighted by molar-refractivity contribution is -0.124. The summed E-state index contributed by atoms with van der Waals surface area (Å²) in [6.07, 6.45) is 6.54. The van der Waals surface area contributed by atoms with Crippen LogP contribution in [0.25, 0.3) is 0 Å². The summed E-state index contributed by atoms with van der Waals surface area (Å²) >= 11 is 0. The Morgan fingerprint density at radius 3 is 2.64 bits per heavy atom. The van der Waals surface area contributed by atoms with Gasteiger partial charge in [0.25, 0.3) is 0 Å². The quantitative estimate of drug-likeness (QED) is 0.816. The van der Waals surface area contributed by atoms with Crippen molar-refractivity contribution in [3.63, 3.8) is 0 Å². The summed E-state index contributed by atoms with van der Waals surface area (Å²) in [4.78, 5) is 14.4. The van der Waals surface area contributed by atoms with Crippen LogP contribution < -0.4 is 5.32 Å². The van der Waals surface area contributed by atoms with E-state index in [0.29, 0.717) is 6.54 Å². The molecule has 0 saturated carbocycles. The summed E-state index contributed by atoms with van der Waals surface area (Å²) in [6, 6.07) is 8.24. The SMILES string of the molecule is O=C(NCc1ccccc1CN1CCC(O)C1)C1CC=CC1. The van der Waals surface area contributed by atoms with Gasteiger partial charge in [-0.25, -0.2) is 0 Å². The van der Waals surface area contributed by atoms with E-state index in [1.807, 2.05) is 12.1 Å². The van der Waals surface area contributed by atoms with Gasteiger partial charge in [0.15, 0.2) is 0 Å². The Labute approximate surface area is 131 Å². The summed E-state index contributed by atoms with van der Waals surface area (Å²) in [6.45, 7) is 3.11. The Balaban J connectivity index is 1.57. The first-order valence-electron chi connectivity index (χ1n) is 8.12. The number of nitrogens with zero attached hydrogens (tertiary/aromatic N) is 1. The molecule has 1 fully saturated rings. The molecule has 1 atom stereocenters. The number of rotatable bonds is 5. The molecule has 0 spiro atoms. The van der Waals surface area contributed by atoms with Crippen LogP contribution in [0.2, 0.25) is 0 Å². The van der Waals surface area contributed by atoms with Crippen molar-refractivity contribution in [3.05, 3.63) is 47.5 Å². The summed E-state index contributed by atoms with van der Waals surface area (Å²) in [7, 11) is 0. The fourth-order valence-corrected chi connectivity index (χ4v) is 3.24. The second-order valence-corrected chi connectivity index (χ2v) is 6.30. The molecule has 0 aromatic heterocycles. The zero-order valence-corrected chi connectivity index (χ0v) is 12.9. The fourth-order valence-electron chi connectivity index (χ4n) is 3.24. The molecule has 1 aromatic rings. The highest BCUT2D eigenvalue weighted by Crippen LogP contribution is 2.19. The molecule has 118 valence electrons. The van der Waals surface area contributed by atoms with E-state index in [9.17, 15) is 9.90 Å². The van der Waals surface area contributed by atoms with E-state index in [-0.39, 0.29) is 17.9 Å². The van der Waals surface area contributed by atoms with Gasteiger partial charge in [0, 0.05) is 32.1 Å². The van der Waals surface area contributed by atoms with Gasteiger partial charge in [0.05, 0.1) is 6.10 Å². The van der Waals surface area contributed by atoms with Crippen LogP contribution in [0, 0.1) is 5.92 Å². The molecule has 4 heteroatoms. The second kappa shape index (κ2) is 7.07. The highest BCUT2D eigenvalue weighted by molar-refractivity contribution is 5.79. The monoisotopic (exact) mass is 300 g/mol. The van der Waals surface area contributed by atoms with Crippen LogP contribution in [-0.2, 0) is 17.9 Å². The van der Waals surface area contributed by atoms with Crippen molar-refractivity contribution in [3.8, 4) is 0 Å². The molecule has 1 aliphatic carbocycles. The van der Waals surface area contributed by atoms with E-state index < -0.39 is 0 Å². The van der Waals surface area contributed by atoms with Gasteiger partial charge in [0.2, 0.25) is 5.91 Å². The summed E-state index contributed by atoms with van der Waals surface area (Å²) < 4.78 is 0. The first kappa shape index (κ1) is 15.3. The first-order valence-corrected chi connectivity index (χ1v) is 8.12. The number of carbonyl (C=O) groups is 1. The molecule has 3 rings (SSSR count). The van der Waals surface area contributed by atoms with Crippen molar-refractivity contribution in [1.29, 1.82) is 0 Å². The van der Waals surface area contributed by atoms with Crippen LogP contribution >= 0.6 is 0 Å². The zero-order chi connectivity index (χ0) is 15.4. The van der Waals surface area contributed by atoms with Gasteiger partial charge in [-0.05, 0) is 30.4 Å². The van der Waals surface area contributed by atoms with Crippen molar-refractivity contribution in [2.45, 2.75) is 38.5 Å². The Morgan fingerprint density at radius 2 is 1.95 bits per heavy atom. The lowest BCUT2D eigenvalue weighted by Gasteiger charge is -2.18. The topological polar surface area (TPSA) is 52.6 Å². The number of nitrogens with one attached hydrogen (secondary N) is 1. The van der Waals surface area contributed by atoms with Gasteiger partial charge in [-0.1, -0.05) is 36.4 Å². The molecule has 1 aromatic carbocycles. The van der Waals surface area contributed by atoms with Gasteiger partial charge in [-0.15, -0.1) is 0 Å². The number of carbonyl (C=O) groups excluding carboxylic acids is 1. The number of allylic oxidation sites excluding steroid dienone is 2. The van der Waals surface area contributed by atoms with Crippen molar-refractivity contribution in [1.82, 2.24) is 10.2 Å².